The normalized spacial score (nSPS) is 29.3. The van der Waals surface area contributed by atoms with Crippen LogP contribution in [0.15, 0.2) is 9.53 Å². The molecule has 10 nitrogen and oxygen atoms in total. The number of nitrogens with two attached hydrogens (primary N) is 1. The van der Waals surface area contributed by atoms with Crippen molar-refractivity contribution < 1.29 is 20.1 Å². The molecule has 3 heterocycles. The van der Waals surface area contributed by atoms with Crippen molar-refractivity contribution >= 4 is 33.0 Å². The highest BCUT2D eigenvalue weighted by molar-refractivity contribution is 9.10. The van der Waals surface area contributed by atoms with Gasteiger partial charge in [-0.3, -0.25) is 14.3 Å². The maximum Gasteiger partial charge on any atom is 0.280 e. The first-order chi connectivity index (χ1) is 9.93. The highest BCUT2D eigenvalue weighted by Crippen LogP contribution is 2.33. The number of nitrogens with one attached hydrogen (secondary N) is 1. The molecule has 0 spiro atoms. The van der Waals surface area contributed by atoms with Gasteiger partial charge in [0, 0.05) is 0 Å². The van der Waals surface area contributed by atoms with E-state index < -0.39 is 36.7 Å². The van der Waals surface area contributed by atoms with Crippen LogP contribution in [0.25, 0.3) is 11.2 Å². The van der Waals surface area contributed by atoms with E-state index in [1.165, 1.54) is 4.57 Å². The summed E-state index contributed by atoms with van der Waals surface area (Å²) in [7, 11) is 0. The molecule has 0 unspecified atom stereocenters. The number of ether oxygens (including phenoxy) is 1. The van der Waals surface area contributed by atoms with Crippen LogP contribution < -0.4 is 11.3 Å². The maximum absolute atomic E-state index is 11.8. The van der Waals surface area contributed by atoms with E-state index in [9.17, 15) is 15.0 Å². The van der Waals surface area contributed by atoms with Gasteiger partial charge >= 0.3 is 0 Å². The number of anilines is 1. The van der Waals surface area contributed by atoms with Gasteiger partial charge in [0.1, 0.15) is 18.3 Å². The van der Waals surface area contributed by atoms with Crippen molar-refractivity contribution in [1.82, 2.24) is 19.5 Å². The lowest BCUT2D eigenvalue weighted by Gasteiger charge is -2.17. The van der Waals surface area contributed by atoms with Gasteiger partial charge in [-0.15, -0.1) is 0 Å². The Bertz CT molecular complexity index is 745. The van der Waals surface area contributed by atoms with E-state index in [-0.39, 0.29) is 21.8 Å². The van der Waals surface area contributed by atoms with Crippen molar-refractivity contribution in [2.45, 2.75) is 24.5 Å². The third-order valence-corrected chi connectivity index (χ3v) is 3.86. The molecule has 0 saturated carbocycles. The zero-order valence-corrected chi connectivity index (χ0v) is 12.1. The van der Waals surface area contributed by atoms with Crippen molar-refractivity contribution in [3.63, 3.8) is 0 Å². The summed E-state index contributed by atoms with van der Waals surface area (Å²) in [4.78, 5) is 22.0. The molecule has 4 atom stereocenters. The SMILES string of the molecule is Nc1nc2c(nc(Br)n2[C@@H]2O[C@H](CO)[C@@H](O)[C@@H]2O)c(=O)[nH]1. The van der Waals surface area contributed by atoms with E-state index in [0.717, 1.165) is 0 Å². The Hall–Kier alpha value is -1.53. The fraction of sp³-hybridized carbons (Fsp3) is 0.500. The van der Waals surface area contributed by atoms with Crippen LogP contribution in [0.5, 0.6) is 0 Å². The number of rotatable bonds is 2. The minimum atomic E-state index is -1.32. The number of fused-ring (bicyclic) bond motifs is 1. The monoisotopic (exact) mass is 361 g/mol. The van der Waals surface area contributed by atoms with Crippen LogP contribution >= 0.6 is 15.9 Å². The van der Waals surface area contributed by atoms with Gasteiger partial charge in [-0.2, -0.15) is 4.98 Å². The fourth-order valence-corrected chi connectivity index (χ4v) is 2.84. The smallest absolute Gasteiger partial charge is 0.280 e. The quantitative estimate of drug-likeness (QED) is 0.387. The number of aromatic amines is 1. The van der Waals surface area contributed by atoms with Crippen LogP contribution in [0.4, 0.5) is 5.95 Å². The van der Waals surface area contributed by atoms with Crippen LogP contribution in [0.1, 0.15) is 6.23 Å². The predicted octanol–water partition coefficient (Wildman–Crippen LogP) is -1.92. The summed E-state index contributed by atoms with van der Waals surface area (Å²) in [6, 6.07) is 0. The molecule has 1 saturated heterocycles. The average Bonchev–Trinajstić information content (AvgIpc) is 2.89. The van der Waals surface area contributed by atoms with E-state index in [1.807, 2.05) is 0 Å². The molecular weight excluding hydrogens is 350 g/mol. The topological polar surface area (TPSA) is 160 Å². The molecule has 0 amide bonds. The van der Waals surface area contributed by atoms with Crippen molar-refractivity contribution in [2.75, 3.05) is 12.3 Å². The lowest BCUT2D eigenvalue weighted by Crippen LogP contribution is -2.33. The molecule has 0 radical (unpaired) electrons. The van der Waals surface area contributed by atoms with E-state index >= 15 is 0 Å². The van der Waals surface area contributed by atoms with Gasteiger partial charge in [0.15, 0.2) is 22.1 Å². The molecule has 21 heavy (non-hydrogen) atoms. The van der Waals surface area contributed by atoms with E-state index in [4.69, 9.17) is 15.6 Å². The lowest BCUT2D eigenvalue weighted by atomic mass is 10.1. The molecule has 0 aliphatic carbocycles. The summed E-state index contributed by atoms with van der Waals surface area (Å²) in [5, 5.41) is 29.0. The lowest BCUT2D eigenvalue weighted by molar-refractivity contribution is -0.0521. The standard InChI is InChI=1S/C10H12BrN5O5/c11-9-13-3-6(14-10(12)15-7(3)20)16(9)8-5(19)4(18)2(1-17)21-8/h2,4-5,8,17-19H,1H2,(H3,12,14,15,20)/t2-,4-,5+,8-/m1/s1. The van der Waals surface area contributed by atoms with Crippen molar-refractivity contribution in [1.29, 1.82) is 0 Å². The third-order valence-electron chi connectivity index (χ3n) is 3.30. The number of hydrogen-bond acceptors (Lipinski definition) is 8. The fourth-order valence-electron chi connectivity index (χ4n) is 2.29. The second kappa shape index (κ2) is 5.03. The summed E-state index contributed by atoms with van der Waals surface area (Å²) < 4.78 is 6.87. The van der Waals surface area contributed by atoms with E-state index in [2.05, 4.69) is 30.9 Å². The number of nitrogens with zero attached hydrogens (tertiary/aromatic N) is 3. The van der Waals surface area contributed by atoms with Gasteiger partial charge in [0.2, 0.25) is 5.95 Å². The molecule has 3 rings (SSSR count). The summed E-state index contributed by atoms with van der Waals surface area (Å²) in [6.45, 7) is -0.463. The summed E-state index contributed by atoms with van der Waals surface area (Å²) in [6.07, 6.45) is -4.61. The van der Waals surface area contributed by atoms with Crippen LogP contribution in [0.2, 0.25) is 0 Å². The first kappa shape index (κ1) is 14.4. The molecule has 1 fully saturated rings. The molecule has 6 N–H and O–H groups in total. The van der Waals surface area contributed by atoms with Gasteiger partial charge in [-0.25, -0.2) is 4.98 Å². The predicted molar refractivity (Wildman–Crippen MR) is 73.3 cm³/mol. The van der Waals surface area contributed by atoms with Crippen LogP contribution in [-0.2, 0) is 4.74 Å². The van der Waals surface area contributed by atoms with Crippen LogP contribution in [0.3, 0.4) is 0 Å². The highest BCUT2D eigenvalue weighted by atomic mass is 79.9. The second-order valence-corrected chi connectivity index (χ2v) is 5.31. The number of aliphatic hydroxyl groups is 3. The Morgan fingerprint density at radius 1 is 1.38 bits per heavy atom. The molecule has 2 aromatic heterocycles. The Kier molecular flexibility index (Phi) is 3.45. The molecule has 0 bridgehead atoms. The first-order valence-electron chi connectivity index (χ1n) is 5.99. The highest BCUT2D eigenvalue weighted by Gasteiger charge is 2.44. The summed E-state index contributed by atoms with van der Waals surface area (Å²) in [5.74, 6) is -0.118. The molecule has 1 aliphatic heterocycles. The number of halogens is 1. The number of hydrogen-bond donors (Lipinski definition) is 5. The van der Waals surface area contributed by atoms with Crippen molar-refractivity contribution in [3.05, 3.63) is 15.1 Å². The second-order valence-electron chi connectivity index (χ2n) is 4.60. The number of H-pyrrole nitrogens is 1. The van der Waals surface area contributed by atoms with Crippen LogP contribution in [-0.4, -0.2) is 59.8 Å². The van der Waals surface area contributed by atoms with E-state index in [0.29, 0.717) is 0 Å². The van der Waals surface area contributed by atoms with Gasteiger partial charge in [-0.05, 0) is 15.9 Å². The van der Waals surface area contributed by atoms with Crippen LogP contribution in [0, 0.1) is 0 Å². The minimum Gasteiger partial charge on any atom is -0.394 e. The number of imidazole rings is 1. The summed E-state index contributed by atoms with van der Waals surface area (Å²) >= 11 is 3.15. The van der Waals surface area contributed by atoms with Gasteiger partial charge < -0.3 is 25.8 Å². The zero-order valence-electron chi connectivity index (χ0n) is 10.5. The van der Waals surface area contributed by atoms with Crippen molar-refractivity contribution in [3.8, 4) is 0 Å². The van der Waals surface area contributed by atoms with Gasteiger partial charge in [0.25, 0.3) is 5.56 Å². The summed E-state index contributed by atoms with van der Waals surface area (Å²) in [5.41, 5.74) is 5.07. The largest absolute Gasteiger partial charge is 0.394 e. The molecule has 2 aromatic rings. The number of nitrogen functional groups attached to an aromatic ring is 1. The molecule has 114 valence electrons. The third kappa shape index (κ3) is 2.13. The number of aromatic nitrogens is 4. The number of aliphatic hydroxyl groups excluding tert-OH is 3. The molecular formula is C10H12BrN5O5. The van der Waals surface area contributed by atoms with Crippen molar-refractivity contribution in [2.24, 2.45) is 0 Å². The average molecular weight is 362 g/mol. The Morgan fingerprint density at radius 2 is 2.10 bits per heavy atom. The Morgan fingerprint density at radius 3 is 2.71 bits per heavy atom. The van der Waals surface area contributed by atoms with Gasteiger partial charge in [0.05, 0.1) is 6.61 Å². The minimum absolute atomic E-state index is 0.00816. The molecule has 0 aromatic carbocycles. The molecule has 11 heteroatoms. The Labute approximate surface area is 125 Å². The first-order valence-corrected chi connectivity index (χ1v) is 6.79. The van der Waals surface area contributed by atoms with Gasteiger partial charge in [-0.1, -0.05) is 0 Å². The molecule has 1 aliphatic rings. The Balaban J connectivity index is 2.17. The van der Waals surface area contributed by atoms with E-state index in [1.54, 1.807) is 0 Å². The zero-order chi connectivity index (χ0) is 15.3. The maximum atomic E-state index is 11.8.